The third kappa shape index (κ3) is 1.50. The minimum absolute atomic E-state index is 0.179. The third-order valence-electron chi connectivity index (χ3n) is 2.94. The van der Waals surface area contributed by atoms with Crippen LogP contribution in [0.5, 0.6) is 5.75 Å². The molecule has 0 aliphatic rings. The van der Waals surface area contributed by atoms with Crippen LogP contribution in [-0.2, 0) is 0 Å². The van der Waals surface area contributed by atoms with Crippen molar-refractivity contribution in [1.29, 1.82) is 0 Å². The normalized spacial score (nSPS) is 10.9. The summed E-state index contributed by atoms with van der Waals surface area (Å²) in [6, 6.07) is 13.1. The van der Waals surface area contributed by atoms with Crippen LogP contribution >= 0.6 is 0 Å². The van der Waals surface area contributed by atoms with Crippen LogP contribution in [0.25, 0.3) is 16.7 Å². The number of nitrogen functional groups attached to an aromatic ring is 1. The second kappa shape index (κ2) is 3.77. The number of phenols is 1. The minimum atomic E-state index is 0.179. The van der Waals surface area contributed by atoms with E-state index in [-0.39, 0.29) is 5.75 Å². The van der Waals surface area contributed by atoms with E-state index in [1.165, 1.54) is 0 Å². The topological polar surface area (TPSA) is 64.1 Å². The average Bonchev–Trinajstić information content (AvgIpc) is 2.67. The molecule has 0 saturated heterocycles. The van der Waals surface area contributed by atoms with Crippen molar-refractivity contribution in [3.05, 3.63) is 48.0 Å². The number of aromatic hydroxyl groups is 1. The fourth-order valence-electron chi connectivity index (χ4n) is 2.16. The molecule has 1 heterocycles. The molecule has 0 amide bonds. The smallest absolute Gasteiger partial charge is 0.206 e. The molecule has 3 N–H and O–H groups in total. The van der Waals surface area contributed by atoms with Gasteiger partial charge in [-0.05, 0) is 36.8 Å². The molecule has 0 atom stereocenters. The van der Waals surface area contributed by atoms with Crippen molar-refractivity contribution >= 4 is 17.0 Å². The summed E-state index contributed by atoms with van der Waals surface area (Å²) in [5.41, 5.74) is 9.30. The maximum absolute atomic E-state index is 9.98. The van der Waals surface area contributed by atoms with Crippen molar-refractivity contribution in [2.45, 2.75) is 6.92 Å². The first-order chi connectivity index (χ1) is 8.66. The van der Waals surface area contributed by atoms with Crippen molar-refractivity contribution in [2.24, 2.45) is 0 Å². The largest absolute Gasteiger partial charge is 0.506 e. The molecule has 0 unspecified atom stereocenters. The van der Waals surface area contributed by atoms with E-state index in [0.717, 1.165) is 11.3 Å². The van der Waals surface area contributed by atoms with Crippen LogP contribution in [0.1, 0.15) is 5.56 Å². The van der Waals surface area contributed by atoms with Gasteiger partial charge in [0.25, 0.3) is 0 Å². The summed E-state index contributed by atoms with van der Waals surface area (Å²) in [5, 5.41) is 9.98. The number of hydrogen-bond donors (Lipinski definition) is 2. The van der Waals surface area contributed by atoms with Crippen LogP contribution in [0.3, 0.4) is 0 Å². The van der Waals surface area contributed by atoms with E-state index < -0.39 is 0 Å². The number of rotatable bonds is 1. The van der Waals surface area contributed by atoms with E-state index in [9.17, 15) is 5.11 Å². The van der Waals surface area contributed by atoms with Gasteiger partial charge in [-0.3, -0.25) is 4.57 Å². The molecule has 0 aliphatic heterocycles. The zero-order valence-electron chi connectivity index (χ0n) is 9.96. The van der Waals surface area contributed by atoms with Gasteiger partial charge in [-0.15, -0.1) is 0 Å². The quantitative estimate of drug-likeness (QED) is 0.686. The van der Waals surface area contributed by atoms with Crippen LogP contribution in [0.2, 0.25) is 0 Å². The molecule has 0 saturated carbocycles. The number of imidazole rings is 1. The highest BCUT2D eigenvalue weighted by Gasteiger charge is 2.13. The van der Waals surface area contributed by atoms with Crippen molar-refractivity contribution in [3.8, 4) is 11.4 Å². The molecule has 0 aliphatic carbocycles. The Hall–Kier alpha value is -2.49. The molecule has 0 bridgehead atoms. The van der Waals surface area contributed by atoms with Gasteiger partial charge in [-0.1, -0.05) is 18.2 Å². The summed E-state index contributed by atoms with van der Waals surface area (Å²) >= 11 is 0. The average molecular weight is 239 g/mol. The number of para-hydroxylation sites is 1. The summed E-state index contributed by atoms with van der Waals surface area (Å²) in [6.07, 6.45) is 0. The Morgan fingerprint density at radius 1 is 1.17 bits per heavy atom. The first-order valence-corrected chi connectivity index (χ1v) is 5.70. The number of benzene rings is 2. The molecule has 0 fully saturated rings. The maximum atomic E-state index is 9.98. The van der Waals surface area contributed by atoms with Gasteiger partial charge in [0.15, 0.2) is 0 Å². The monoisotopic (exact) mass is 239 g/mol. The van der Waals surface area contributed by atoms with E-state index in [0.29, 0.717) is 17.0 Å². The molecule has 4 nitrogen and oxygen atoms in total. The number of fused-ring (bicyclic) bond motifs is 1. The number of aryl methyl sites for hydroxylation is 1. The Kier molecular flexibility index (Phi) is 2.23. The number of hydrogen-bond acceptors (Lipinski definition) is 3. The van der Waals surface area contributed by atoms with Gasteiger partial charge >= 0.3 is 0 Å². The lowest BCUT2D eigenvalue weighted by atomic mass is 10.2. The lowest BCUT2D eigenvalue weighted by Crippen LogP contribution is -2.00. The number of anilines is 1. The molecule has 3 rings (SSSR count). The van der Waals surface area contributed by atoms with Crippen LogP contribution in [0.15, 0.2) is 42.5 Å². The van der Waals surface area contributed by atoms with Crippen molar-refractivity contribution in [3.63, 3.8) is 0 Å². The van der Waals surface area contributed by atoms with Crippen molar-refractivity contribution in [2.75, 3.05) is 5.73 Å². The Morgan fingerprint density at radius 3 is 2.72 bits per heavy atom. The number of nitrogens with two attached hydrogens (primary N) is 1. The predicted octanol–water partition coefficient (Wildman–Crippen LogP) is 2.62. The highest BCUT2D eigenvalue weighted by molar-refractivity contribution is 5.86. The number of aromatic nitrogens is 2. The summed E-state index contributed by atoms with van der Waals surface area (Å²) in [7, 11) is 0. The number of phenolic OH excluding ortho intramolecular Hbond substituents is 1. The molecule has 0 radical (unpaired) electrons. The van der Waals surface area contributed by atoms with Crippen molar-refractivity contribution < 1.29 is 5.11 Å². The zero-order valence-corrected chi connectivity index (χ0v) is 9.96. The Balaban J connectivity index is 2.38. The summed E-state index contributed by atoms with van der Waals surface area (Å²) in [6.45, 7) is 2.01. The molecular weight excluding hydrogens is 226 g/mol. The van der Waals surface area contributed by atoms with Gasteiger partial charge in [0.05, 0.1) is 5.52 Å². The highest BCUT2D eigenvalue weighted by atomic mass is 16.3. The standard InChI is InChI=1S/C14H13N3O/c1-9-4-2-5-10(8-9)17-13-11(16-14(17)15)6-3-7-12(13)18/h2-8,18H,1H3,(H2,15,16). The van der Waals surface area contributed by atoms with Gasteiger partial charge in [0, 0.05) is 5.69 Å². The fraction of sp³-hybridized carbons (Fsp3) is 0.0714. The minimum Gasteiger partial charge on any atom is -0.506 e. The van der Waals surface area contributed by atoms with Crippen LogP contribution in [-0.4, -0.2) is 14.7 Å². The molecule has 1 aromatic heterocycles. The molecule has 3 aromatic rings. The third-order valence-corrected chi connectivity index (χ3v) is 2.94. The van der Waals surface area contributed by atoms with E-state index >= 15 is 0 Å². The first-order valence-electron chi connectivity index (χ1n) is 5.70. The Labute approximate surface area is 104 Å². The highest BCUT2D eigenvalue weighted by Crippen LogP contribution is 2.29. The van der Waals surface area contributed by atoms with Gasteiger partial charge < -0.3 is 10.8 Å². The van der Waals surface area contributed by atoms with E-state index in [2.05, 4.69) is 4.98 Å². The van der Waals surface area contributed by atoms with Crippen LogP contribution in [0, 0.1) is 6.92 Å². The molecular formula is C14H13N3O. The predicted molar refractivity (Wildman–Crippen MR) is 71.9 cm³/mol. The van der Waals surface area contributed by atoms with Gasteiger partial charge in [0.2, 0.25) is 5.95 Å². The van der Waals surface area contributed by atoms with Gasteiger partial charge in [-0.2, -0.15) is 0 Å². The second-order valence-corrected chi connectivity index (χ2v) is 4.29. The summed E-state index contributed by atoms with van der Waals surface area (Å²) in [4.78, 5) is 4.26. The summed E-state index contributed by atoms with van der Waals surface area (Å²) in [5.74, 6) is 0.551. The summed E-state index contributed by atoms with van der Waals surface area (Å²) < 4.78 is 1.76. The molecule has 90 valence electrons. The number of nitrogens with zero attached hydrogens (tertiary/aromatic N) is 2. The Morgan fingerprint density at radius 2 is 1.94 bits per heavy atom. The lowest BCUT2D eigenvalue weighted by Gasteiger charge is -2.08. The maximum Gasteiger partial charge on any atom is 0.206 e. The van der Waals surface area contributed by atoms with E-state index in [1.54, 1.807) is 16.7 Å². The fourth-order valence-corrected chi connectivity index (χ4v) is 2.16. The van der Waals surface area contributed by atoms with Gasteiger partial charge in [-0.25, -0.2) is 4.98 Å². The molecule has 2 aromatic carbocycles. The second-order valence-electron chi connectivity index (χ2n) is 4.29. The zero-order chi connectivity index (χ0) is 12.7. The van der Waals surface area contributed by atoms with E-state index in [1.807, 2.05) is 37.3 Å². The Bertz CT molecular complexity index is 731. The van der Waals surface area contributed by atoms with E-state index in [4.69, 9.17) is 5.73 Å². The lowest BCUT2D eigenvalue weighted by molar-refractivity contribution is 0.479. The first kappa shape index (κ1) is 10.7. The van der Waals surface area contributed by atoms with Crippen LogP contribution < -0.4 is 5.73 Å². The molecule has 18 heavy (non-hydrogen) atoms. The SMILES string of the molecule is Cc1cccc(-n2c(N)nc3cccc(O)c32)c1. The molecule has 0 spiro atoms. The van der Waals surface area contributed by atoms with Gasteiger partial charge in [0.1, 0.15) is 11.3 Å². The van der Waals surface area contributed by atoms with Crippen molar-refractivity contribution in [1.82, 2.24) is 9.55 Å². The van der Waals surface area contributed by atoms with Crippen LogP contribution in [0.4, 0.5) is 5.95 Å². The molecule has 4 heteroatoms.